The van der Waals surface area contributed by atoms with Gasteiger partial charge >= 0.3 is 0 Å². The quantitative estimate of drug-likeness (QED) is 0.413. The van der Waals surface area contributed by atoms with Gasteiger partial charge in [-0.2, -0.15) is 0 Å². The number of ether oxygens (including phenoxy) is 2. The number of benzene rings is 3. The molecule has 0 radical (unpaired) electrons. The van der Waals surface area contributed by atoms with Crippen molar-refractivity contribution < 1.29 is 24.2 Å². The molecule has 0 unspecified atom stereocenters. The highest BCUT2D eigenvalue weighted by Gasteiger charge is 2.35. The van der Waals surface area contributed by atoms with Gasteiger partial charge in [0.2, 0.25) is 0 Å². The van der Waals surface area contributed by atoms with Gasteiger partial charge in [-0.3, -0.25) is 14.9 Å². The van der Waals surface area contributed by atoms with Gasteiger partial charge in [0.1, 0.15) is 11.5 Å². The van der Waals surface area contributed by atoms with Gasteiger partial charge < -0.3 is 19.1 Å². The SMILES string of the molecule is COc1ccc2c(c1)c1c3c(c(-c4c(Cl)cccc4OC)cc1n2CCCO)C(=O)NC3=O. The van der Waals surface area contributed by atoms with E-state index in [2.05, 4.69) is 5.32 Å². The molecule has 0 fully saturated rings. The second-order valence-corrected chi connectivity index (χ2v) is 8.19. The Labute approximate surface area is 194 Å². The number of hydrogen-bond acceptors (Lipinski definition) is 5. The maximum atomic E-state index is 13.1. The number of nitrogens with zero attached hydrogens (tertiary/aromatic N) is 1. The molecule has 0 aliphatic carbocycles. The second-order valence-electron chi connectivity index (χ2n) is 7.78. The summed E-state index contributed by atoms with van der Waals surface area (Å²) in [5.41, 5.74) is 3.26. The van der Waals surface area contributed by atoms with Crippen molar-refractivity contribution >= 4 is 45.2 Å². The number of carbonyl (C=O) groups excluding carboxylic acids is 2. The van der Waals surface area contributed by atoms with E-state index in [0.29, 0.717) is 51.6 Å². The van der Waals surface area contributed by atoms with Gasteiger partial charge in [0.05, 0.1) is 35.9 Å². The lowest BCUT2D eigenvalue weighted by Gasteiger charge is -2.15. The number of amides is 2. The monoisotopic (exact) mass is 464 g/mol. The van der Waals surface area contributed by atoms with Crippen molar-refractivity contribution in [3.63, 3.8) is 0 Å². The first kappa shape index (κ1) is 21.3. The number of aryl methyl sites for hydroxylation is 1. The summed E-state index contributed by atoms with van der Waals surface area (Å²) in [4.78, 5) is 26.0. The third-order valence-corrected chi connectivity index (χ3v) is 6.36. The summed E-state index contributed by atoms with van der Waals surface area (Å²) in [5.74, 6) is 0.194. The number of fused-ring (bicyclic) bond motifs is 5. The molecule has 4 aromatic rings. The molecular formula is C25H21ClN2O5. The Kier molecular flexibility index (Phi) is 5.23. The first-order valence-electron chi connectivity index (χ1n) is 10.5. The molecule has 2 N–H and O–H groups in total. The van der Waals surface area contributed by atoms with Crippen LogP contribution in [0.15, 0.2) is 42.5 Å². The Hall–Kier alpha value is -3.55. The molecule has 33 heavy (non-hydrogen) atoms. The Morgan fingerprint density at radius 1 is 0.970 bits per heavy atom. The average Bonchev–Trinajstić information content (AvgIpc) is 3.29. The van der Waals surface area contributed by atoms with Gasteiger partial charge in [0.25, 0.3) is 11.8 Å². The number of aliphatic hydroxyl groups excluding tert-OH is 1. The predicted molar refractivity (Wildman–Crippen MR) is 126 cm³/mol. The van der Waals surface area contributed by atoms with Crippen molar-refractivity contribution in [2.45, 2.75) is 13.0 Å². The van der Waals surface area contributed by atoms with Crippen LogP contribution in [0.5, 0.6) is 11.5 Å². The minimum Gasteiger partial charge on any atom is -0.497 e. The maximum absolute atomic E-state index is 13.1. The average molecular weight is 465 g/mol. The van der Waals surface area contributed by atoms with Crippen molar-refractivity contribution in [1.29, 1.82) is 0 Å². The van der Waals surface area contributed by atoms with Crippen LogP contribution in [-0.4, -0.2) is 42.3 Å². The summed E-state index contributed by atoms with van der Waals surface area (Å²) in [6.45, 7) is 0.544. The predicted octanol–water partition coefficient (Wildman–Crippen LogP) is 4.40. The standard InChI is InChI=1S/C25H21ClN2O5/c1-32-13-7-8-17-14(11-13)21-18(28(17)9-4-10-29)12-15(22-23(21)25(31)27-24(22)30)20-16(26)5-3-6-19(20)33-2/h3,5-8,11-12,29H,4,9-10H2,1-2H3,(H,27,30,31). The Bertz CT molecular complexity index is 1460. The number of aromatic nitrogens is 1. The fraction of sp³-hybridized carbons (Fsp3) is 0.200. The highest BCUT2D eigenvalue weighted by molar-refractivity contribution is 6.36. The highest BCUT2D eigenvalue weighted by Crippen LogP contribution is 2.45. The molecule has 1 aliphatic heterocycles. The summed E-state index contributed by atoms with van der Waals surface area (Å²) >= 11 is 6.57. The van der Waals surface area contributed by atoms with E-state index >= 15 is 0 Å². The van der Waals surface area contributed by atoms with E-state index in [1.54, 1.807) is 25.3 Å². The summed E-state index contributed by atoms with van der Waals surface area (Å²) in [5, 5.41) is 13.8. The topological polar surface area (TPSA) is 89.8 Å². The van der Waals surface area contributed by atoms with Crippen LogP contribution in [0.2, 0.25) is 5.02 Å². The van der Waals surface area contributed by atoms with Gasteiger partial charge in [-0.05, 0) is 42.8 Å². The van der Waals surface area contributed by atoms with Gasteiger partial charge in [-0.25, -0.2) is 0 Å². The van der Waals surface area contributed by atoms with Crippen LogP contribution in [0.25, 0.3) is 32.9 Å². The molecule has 5 rings (SSSR count). The minimum atomic E-state index is -0.479. The fourth-order valence-electron chi connectivity index (χ4n) is 4.66. The molecule has 168 valence electrons. The largest absolute Gasteiger partial charge is 0.497 e. The zero-order valence-corrected chi connectivity index (χ0v) is 18.8. The lowest BCUT2D eigenvalue weighted by atomic mass is 9.92. The zero-order valence-electron chi connectivity index (χ0n) is 18.1. The van der Waals surface area contributed by atoms with Crippen molar-refractivity contribution in [2.24, 2.45) is 0 Å². The van der Waals surface area contributed by atoms with E-state index in [1.165, 1.54) is 7.11 Å². The van der Waals surface area contributed by atoms with Gasteiger partial charge in [-0.15, -0.1) is 0 Å². The molecule has 8 heteroatoms. The van der Waals surface area contributed by atoms with Crippen molar-refractivity contribution in [3.8, 4) is 22.6 Å². The summed E-state index contributed by atoms with van der Waals surface area (Å²) < 4.78 is 13.0. The molecule has 0 saturated carbocycles. The highest BCUT2D eigenvalue weighted by atomic mass is 35.5. The van der Waals surface area contributed by atoms with E-state index in [9.17, 15) is 14.7 Å². The molecule has 1 aromatic heterocycles. The number of rotatable bonds is 6. The van der Waals surface area contributed by atoms with Crippen LogP contribution in [0.1, 0.15) is 27.1 Å². The smallest absolute Gasteiger partial charge is 0.259 e. The van der Waals surface area contributed by atoms with E-state index in [0.717, 1.165) is 16.4 Å². The lowest BCUT2D eigenvalue weighted by Crippen LogP contribution is -2.20. The molecule has 3 aromatic carbocycles. The maximum Gasteiger partial charge on any atom is 0.259 e. The fourth-order valence-corrected chi connectivity index (χ4v) is 4.92. The number of imide groups is 1. The van der Waals surface area contributed by atoms with Gasteiger partial charge in [-0.1, -0.05) is 17.7 Å². The molecule has 2 heterocycles. The van der Waals surface area contributed by atoms with Gasteiger partial charge in [0, 0.05) is 40.6 Å². The molecular weight excluding hydrogens is 444 g/mol. The van der Waals surface area contributed by atoms with E-state index < -0.39 is 11.8 Å². The molecule has 2 amide bonds. The van der Waals surface area contributed by atoms with Crippen LogP contribution in [-0.2, 0) is 6.54 Å². The first-order chi connectivity index (χ1) is 16.0. The van der Waals surface area contributed by atoms with Crippen LogP contribution in [0, 0.1) is 0 Å². The number of methoxy groups -OCH3 is 2. The summed E-state index contributed by atoms with van der Waals surface area (Å²) in [6.07, 6.45) is 0.526. The van der Waals surface area contributed by atoms with Crippen LogP contribution >= 0.6 is 11.6 Å². The number of hydrogen-bond donors (Lipinski definition) is 2. The van der Waals surface area contributed by atoms with E-state index in [-0.39, 0.29) is 12.2 Å². The van der Waals surface area contributed by atoms with Gasteiger partial charge in [0.15, 0.2) is 0 Å². The number of carbonyl (C=O) groups is 2. The Balaban J connectivity index is 1.98. The van der Waals surface area contributed by atoms with E-state index in [4.69, 9.17) is 21.1 Å². The molecule has 7 nitrogen and oxygen atoms in total. The Morgan fingerprint density at radius 3 is 2.48 bits per heavy atom. The zero-order chi connectivity index (χ0) is 23.3. The summed E-state index contributed by atoms with van der Waals surface area (Å²) in [6, 6.07) is 12.7. The van der Waals surface area contributed by atoms with Crippen LogP contribution in [0.3, 0.4) is 0 Å². The molecule has 0 bridgehead atoms. The summed E-state index contributed by atoms with van der Waals surface area (Å²) in [7, 11) is 3.11. The molecule has 1 aliphatic rings. The number of aliphatic hydroxyl groups is 1. The number of nitrogens with one attached hydrogen (secondary N) is 1. The van der Waals surface area contributed by atoms with Crippen molar-refractivity contribution in [3.05, 3.63) is 58.6 Å². The lowest BCUT2D eigenvalue weighted by molar-refractivity contribution is 0.0880. The van der Waals surface area contributed by atoms with E-state index in [1.807, 2.05) is 28.8 Å². The normalized spacial score (nSPS) is 13.0. The van der Waals surface area contributed by atoms with Crippen molar-refractivity contribution in [2.75, 3.05) is 20.8 Å². The third kappa shape index (κ3) is 3.15. The first-order valence-corrected chi connectivity index (χ1v) is 10.8. The molecule has 0 spiro atoms. The minimum absolute atomic E-state index is 0.0203. The van der Waals surface area contributed by atoms with Crippen LogP contribution < -0.4 is 14.8 Å². The molecule has 0 atom stereocenters. The molecule has 0 saturated heterocycles. The Morgan fingerprint density at radius 2 is 1.76 bits per heavy atom. The second kappa shape index (κ2) is 8.10. The van der Waals surface area contributed by atoms with Crippen LogP contribution in [0.4, 0.5) is 0 Å². The third-order valence-electron chi connectivity index (χ3n) is 6.05. The van der Waals surface area contributed by atoms with Crippen molar-refractivity contribution in [1.82, 2.24) is 9.88 Å². The number of halogens is 1.